The van der Waals surface area contributed by atoms with Crippen LogP contribution in [0, 0.1) is 0 Å². The molecule has 1 aromatic carbocycles. The van der Waals surface area contributed by atoms with Gasteiger partial charge in [-0.25, -0.2) is 4.79 Å². The van der Waals surface area contributed by atoms with E-state index in [1.54, 1.807) is 24.3 Å². The summed E-state index contributed by atoms with van der Waals surface area (Å²) in [5, 5.41) is 11.3. The van der Waals surface area contributed by atoms with Crippen LogP contribution in [0.4, 0.5) is 10.5 Å². The zero-order chi connectivity index (χ0) is 12.7. The van der Waals surface area contributed by atoms with Crippen molar-refractivity contribution in [1.82, 2.24) is 4.90 Å². The summed E-state index contributed by atoms with van der Waals surface area (Å²) in [6.45, 7) is 3.31. The van der Waals surface area contributed by atoms with Crippen LogP contribution in [0.25, 0.3) is 0 Å². The molecule has 1 rings (SSSR count). The van der Waals surface area contributed by atoms with Gasteiger partial charge in [-0.2, -0.15) is 0 Å². The molecule has 0 atom stereocenters. The van der Waals surface area contributed by atoms with Crippen LogP contribution in [-0.2, 0) is 4.79 Å². The van der Waals surface area contributed by atoms with E-state index in [0.29, 0.717) is 5.69 Å². The van der Waals surface area contributed by atoms with Crippen molar-refractivity contribution in [2.75, 3.05) is 18.4 Å². The Kier molecular flexibility index (Phi) is 4.75. The van der Waals surface area contributed by atoms with E-state index in [0.717, 1.165) is 4.90 Å². The average Bonchev–Trinajstić information content (AvgIpc) is 2.29. The molecule has 90 valence electrons. The summed E-state index contributed by atoms with van der Waals surface area (Å²) in [5.41, 5.74) is 0.622. The van der Waals surface area contributed by atoms with E-state index in [9.17, 15) is 9.59 Å². The van der Waals surface area contributed by atoms with Crippen LogP contribution in [-0.4, -0.2) is 35.1 Å². The van der Waals surface area contributed by atoms with Gasteiger partial charge in [0.25, 0.3) is 0 Å². The molecule has 2 N–H and O–H groups in total. The highest BCUT2D eigenvalue weighted by Gasteiger charge is 2.14. The lowest BCUT2D eigenvalue weighted by Gasteiger charge is -2.19. The van der Waals surface area contributed by atoms with Crippen molar-refractivity contribution >= 4 is 17.7 Å². The zero-order valence-electron chi connectivity index (χ0n) is 9.30. The van der Waals surface area contributed by atoms with Gasteiger partial charge in [-0.15, -0.1) is 6.58 Å². The molecule has 2 amide bonds. The van der Waals surface area contributed by atoms with E-state index in [4.69, 9.17) is 5.11 Å². The maximum Gasteiger partial charge on any atom is 0.323 e. The fourth-order valence-electron chi connectivity index (χ4n) is 1.26. The van der Waals surface area contributed by atoms with Gasteiger partial charge < -0.3 is 15.3 Å². The third kappa shape index (κ3) is 4.38. The minimum absolute atomic E-state index is 0.185. The van der Waals surface area contributed by atoms with E-state index in [1.807, 2.05) is 6.07 Å². The standard InChI is InChI=1S/C12H14N2O3/c1-2-8-14(9-11(15)16)12(17)13-10-6-4-3-5-7-10/h2-7H,1,8-9H2,(H,13,17)(H,15,16). The highest BCUT2D eigenvalue weighted by molar-refractivity contribution is 5.91. The molecule has 5 heteroatoms. The second kappa shape index (κ2) is 6.32. The van der Waals surface area contributed by atoms with Crippen molar-refractivity contribution in [2.24, 2.45) is 0 Å². The van der Waals surface area contributed by atoms with Crippen LogP contribution in [0.3, 0.4) is 0 Å². The fourth-order valence-corrected chi connectivity index (χ4v) is 1.26. The molecule has 0 saturated carbocycles. The van der Waals surface area contributed by atoms with Crippen molar-refractivity contribution in [3.05, 3.63) is 43.0 Å². The van der Waals surface area contributed by atoms with E-state index in [2.05, 4.69) is 11.9 Å². The van der Waals surface area contributed by atoms with Gasteiger partial charge in [0.2, 0.25) is 0 Å². The Balaban J connectivity index is 2.65. The number of carboxylic acids is 1. The minimum atomic E-state index is -1.06. The van der Waals surface area contributed by atoms with Crippen molar-refractivity contribution in [3.63, 3.8) is 0 Å². The molecule has 0 heterocycles. The Morgan fingerprint density at radius 3 is 2.53 bits per heavy atom. The van der Waals surface area contributed by atoms with E-state index in [1.165, 1.54) is 6.08 Å². The SMILES string of the molecule is C=CCN(CC(=O)O)C(=O)Nc1ccccc1. The van der Waals surface area contributed by atoms with Gasteiger partial charge in [0.1, 0.15) is 6.54 Å². The van der Waals surface area contributed by atoms with Crippen LogP contribution >= 0.6 is 0 Å². The Labute approximate surface area is 99.4 Å². The number of hydrogen-bond donors (Lipinski definition) is 2. The van der Waals surface area contributed by atoms with Gasteiger partial charge in [0.15, 0.2) is 0 Å². The normalized spacial score (nSPS) is 9.41. The smallest absolute Gasteiger partial charge is 0.323 e. The predicted molar refractivity (Wildman–Crippen MR) is 64.9 cm³/mol. The van der Waals surface area contributed by atoms with Crippen LogP contribution in [0.2, 0.25) is 0 Å². The summed E-state index contributed by atoms with van der Waals surface area (Å²) < 4.78 is 0. The lowest BCUT2D eigenvalue weighted by molar-refractivity contribution is -0.137. The van der Waals surface area contributed by atoms with Crippen LogP contribution in [0.1, 0.15) is 0 Å². The number of hydrogen-bond acceptors (Lipinski definition) is 2. The first-order valence-corrected chi connectivity index (χ1v) is 5.07. The van der Waals surface area contributed by atoms with E-state index in [-0.39, 0.29) is 13.1 Å². The molecular weight excluding hydrogens is 220 g/mol. The monoisotopic (exact) mass is 234 g/mol. The van der Waals surface area contributed by atoms with Gasteiger partial charge in [0, 0.05) is 12.2 Å². The predicted octanol–water partition coefficient (Wildman–Crippen LogP) is 1.79. The van der Waals surface area contributed by atoms with Gasteiger partial charge >= 0.3 is 12.0 Å². The van der Waals surface area contributed by atoms with Crippen LogP contribution < -0.4 is 5.32 Å². The summed E-state index contributed by atoms with van der Waals surface area (Å²) in [4.78, 5) is 23.5. The highest BCUT2D eigenvalue weighted by Crippen LogP contribution is 2.06. The van der Waals surface area contributed by atoms with Crippen molar-refractivity contribution < 1.29 is 14.7 Å². The number of carboxylic acid groups (broad SMARTS) is 1. The first-order valence-electron chi connectivity index (χ1n) is 5.07. The maximum absolute atomic E-state index is 11.7. The number of urea groups is 1. The molecular formula is C12H14N2O3. The average molecular weight is 234 g/mol. The Morgan fingerprint density at radius 2 is 2.00 bits per heavy atom. The summed E-state index contributed by atoms with van der Waals surface area (Å²) in [7, 11) is 0. The first-order chi connectivity index (χ1) is 8.13. The topological polar surface area (TPSA) is 69.6 Å². The van der Waals surface area contributed by atoms with Gasteiger partial charge in [-0.1, -0.05) is 24.3 Å². The third-order valence-electron chi connectivity index (χ3n) is 1.99. The zero-order valence-corrected chi connectivity index (χ0v) is 9.30. The number of carbonyl (C=O) groups is 2. The molecule has 5 nitrogen and oxygen atoms in total. The maximum atomic E-state index is 11.7. The first kappa shape index (κ1) is 12.8. The number of carbonyl (C=O) groups excluding carboxylic acids is 1. The molecule has 0 saturated heterocycles. The minimum Gasteiger partial charge on any atom is -0.480 e. The number of para-hydroxylation sites is 1. The molecule has 0 spiro atoms. The number of benzene rings is 1. The molecule has 0 aliphatic heterocycles. The summed E-state index contributed by atoms with van der Waals surface area (Å²) >= 11 is 0. The van der Waals surface area contributed by atoms with Gasteiger partial charge in [0.05, 0.1) is 0 Å². The highest BCUT2D eigenvalue weighted by atomic mass is 16.4. The second-order valence-corrected chi connectivity index (χ2v) is 3.36. The third-order valence-corrected chi connectivity index (χ3v) is 1.99. The number of rotatable bonds is 5. The van der Waals surface area contributed by atoms with Crippen molar-refractivity contribution in [1.29, 1.82) is 0 Å². The summed E-state index contributed by atoms with van der Waals surface area (Å²) in [6.07, 6.45) is 1.48. The van der Waals surface area contributed by atoms with E-state index >= 15 is 0 Å². The number of nitrogens with one attached hydrogen (secondary N) is 1. The lowest BCUT2D eigenvalue weighted by Crippen LogP contribution is -2.38. The molecule has 0 aromatic heterocycles. The summed E-state index contributed by atoms with van der Waals surface area (Å²) in [5.74, 6) is -1.06. The number of anilines is 1. The van der Waals surface area contributed by atoms with Crippen molar-refractivity contribution in [2.45, 2.75) is 0 Å². The number of amides is 2. The van der Waals surface area contributed by atoms with Crippen LogP contribution in [0.5, 0.6) is 0 Å². The Hall–Kier alpha value is -2.30. The number of aliphatic carboxylic acids is 1. The molecule has 17 heavy (non-hydrogen) atoms. The molecule has 0 aliphatic carbocycles. The second-order valence-electron chi connectivity index (χ2n) is 3.36. The molecule has 0 aliphatic rings. The number of nitrogens with zero attached hydrogens (tertiary/aromatic N) is 1. The molecule has 0 radical (unpaired) electrons. The molecule has 1 aromatic rings. The van der Waals surface area contributed by atoms with Gasteiger partial charge in [-0.3, -0.25) is 4.79 Å². The fraction of sp³-hybridized carbons (Fsp3) is 0.167. The largest absolute Gasteiger partial charge is 0.480 e. The van der Waals surface area contributed by atoms with Gasteiger partial charge in [-0.05, 0) is 12.1 Å². The molecule has 0 fully saturated rings. The molecule has 0 unspecified atom stereocenters. The van der Waals surface area contributed by atoms with Crippen molar-refractivity contribution in [3.8, 4) is 0 Å². The van der Waals surface area contributed by atoms with Crippen LogP contribution in [0.15, 0.2) is 43.0 Å². The summed E-state index contributed by atoms with van der Waals surface area (Å²) in [6, 6.07) is 8.39. The van der Waals surface area contributed by atoms with E-state index < -0.39 is 12.0 Å². The lowest BCUT2D eigenvalue weighted by atomic mass is 10.3. The Bertz CT molecular complexity index is 403. The quantitative estimate of drug-likeness (QED) is 0.763. The molecule has 0 bridgehead atoms. The Morgan fingerprint density at radius 1 is 1.35 bits per heavy atom.